The number of hydrogen-bond acceptors (Lipinski definition) is 4. The second-order valence-electron chi connectivity index (χ2n) is 4.05. The number of phenolic OH excluding ortho intramolecular Hbond substituents is 1. The molecule has 21 heavy (non-hydrogen) atoms. The fraction of sp³-hybridized carbons (Fsp3) is 0. The van der Waals surface area contributed by atoms with Crippen LogP contribution < -0.4 is 5.69 Å². The summed E-state index contributed by atoms with van der Waals surface area (Å²) in [5, 5.41) is 14.5. The van der Waals surface area contributed by atoms with Crippen LogP contribution in [0.25, 0.3) is 16.4 Å². The smallest absolute Gasteiger partial charge is 0.348 e. The second kappa shape index (κ2) is 5.60. The summed E-state index contributed by atoms with van der Waals surface area (Å²) in [6.45, 7) is 0. The lowest BCUT2D eigenvalue weighted by Gasteiger charge is -2.05. The van der Waals surface area contributed by atoms with Gasteiger partial charge in [-0.3, -0.25) is 4.98 Å². The molecule has 2 N–H and O–H groups in total. The molecule has 0 bridgehead atoms. The Hall–Kier alpha value is -1.09. The maximum Gasteiger partial charge on any atom is 0.348 e. The van der Waals surface area contributed by atoms with Crippen LogP contribution >= 0.6 is 54.8 Å². The van der Waals surface area contributed by atoms with Crippen molar-refractivity contribution in [1.29, 1.82) is 0 Å². The zero-order valence-corrected chi connectivity index (χ0v) is 14.8. The summed E-state index contributed by atoms with van der Waals surface area (Å²) in [6, 6.07) is 6.59. The standard InChI is InChI=1S/C12H6Br2ClN3O2S/c13-5-3-8(19)7(4-6(5)15)18-12(20)16-11(17-18)9-1-2-10(14)21-9/h1-4,19H,(H,16,17,20). The first-order valence-electron chi connectivity index (χ1n) is 5.59. The maximum atomic E-state index is 12.0. The summed E-state index contributed by atoms with van der Waals surface area (Å²) < 4.78 is 2.55. The van der Waals surface area contributed by atoms with E-state index >= 15 is 0 Å². The van der Waals surface area contributed by atoms with E-state index in [1.54, 1.807) is 0 Å². The third-order valence-electron chi connectivity index (χ3n) is 2.67. The number of halogens is 3. The first kappa shape index (κ1) is 14.8. The van der Waals surface area contributed by atoms with E-state index in [2.05, 4.69) is 41.9 Å². The fourth-order valence-corrected chi connectivity index (χ4v) is 3.55. The number of hydrogen-bond donors (Lipinski definition) is 2. The molecule has 0 amide bonds. The lowest BCUT2D eigenvalue weighted by atomic mass is 10.3. The van der Waals surface area contributed by atoms with Crippen LogP contribution in [-0.4, -0.2) is 19.9 Å². The van der Waals surface area contributed by atoms with Crippen LogP contribution in [0.1, 0.15) is 0 Å². The van der Waals surface area contributed by atoms with Crippen molar-refractivity contribution >= 4 is 54.8 Å². The van der Waals surface area contributed by atoms with Crippen molar-refractivity contribution in [2.24, 2.45) is 0 Å². The lowest BCUT2D eigenvalue weighted by Crippen LogP contribution is -2.16. The van der Waals surface area contributed by atoms with Crippen molar-refractivity contribution in [2.45, 2.75) is 0 Å². The van der Waals surface area contributed by atoms with Gasteiger partial charge >= 0.3 is 5.69 Å². The Morgan fingerprint density at radius 2 is 2.10 bits per heavy atom. The van der Waals surface area contributed by atoms with Gasteiger partial charge in [-0.2, -0.15) is 4.68 Å². The number of aromatic amines is 1. The number of aromatic nitrogens is 3. The molecule has 3 aromatic rings. The minimum atomic E-state index is -0.455. The highest BCUT2D eigenvalue weighted by Crippen LogP contribution is 2.32. The van der Waals surface area contributed by atoms with Crippen molar-refractivity contribution in [3.63, 3.8) is 0 Å². The highest BCUT2D eigenvalue weighted by molar-refractivity contribution is 9.11. The number of H-pyrrole nitrogens is 1. The molecule has 1 aromatic carbocycles. The van der Waals surface area contributed by atoms with Gasteiger partial charge in [0.2, 0.25) is 0 Å². The number of benzene rings is 1. The molecule has 0 radical (unpaired) electrons. The number of nitrogens with zero attached hydrogens (tertiary/aromatic N) is 2. The van der Waals surface area contributed by atoms with Crippen LogP contribution in [0.15, 0.2) is 37.3 Å². The van der Waals surface area contributed by atoms with Crippen LogP contribution in [0.2, 0.25) is 5.02 Å². The van der Waals surface area contributed by atoms with Crippen LogP contribution in [0.5, 0.6) is 5.75 Å². The molecular formula is C12H6Br2ClN3O2S. The van der Waals surface area contributed by atoms with Gasteiger partial charge in [-0.25, -0.2) is 4.79 Å². The Kier molecular flexibility index (Phi) is 3.96. The van der Waals surface area contributed by atoms with Gasteiger partial charge in [0.15, 0.2) is 5.82 Å². The van der Waals surface area contributed by atoms with Gasteiger partial charge in [-0.1, -0.05) is 11.6 Å². The van der Waals surface area contributed by atoms with E-state index < -0.39 is 5.69 Å². The third-order valence-corrected chi connectivity index (χ3v) is 5.50. The molecule has 0 spiro atoms. The van der Waals surface area contributed by atoms with E-state index in [1.165, 1.54) is 23.5 Å². The number of thiophene rings is 1. The van der Waals surface area contributed by atoms with Crippen molar-refractivity contribution < 1.29 is 5.11 Å². The van der Waals surface area contributed by atoms with E-state index in [-0.39, 0.29) is 11.4 Å². The fourth-order valence-electron chi connectivity index (χ4n) is 1.74. The molecule has 0 aliphatic rings. The lowest BCUT2D eigenvalue weighted by molar-refractivity contribution is 0.469. The normalized spacial score (nSPS) is 11.0. The Morgan fingerprint density at radius 3 is 2.76 bits per heavy atom. The number of aromatic hydroxyl groups is 1. The predicted octanol–water partition coefficient (Wildman–Crippen LogP) is 4.17. The molecule has 2 heterocycles. The summed E-state index contributed by atoms with van der Waals surface area (Å²) in [5.41, 5.74) is -0.241. The van der Waals surface area contributed by atoms with Crippen LogP contribution in [0.4, 0.5) is 0 Å². The summed E-state index contributed by atoms with van der Waals surface area (Å²) >= 11 is 14.0. The zero-order valence-electron chi connectivity index (χ0n) is 10.1. The Labute approximate surface area is 144 Å². The van der Waals surface area contributed by atoms with E-state index in [4.69, 9.17) is 11.6 Å². The molecule has 0 saturated carbocycles. The van der Waals surface area contributed by atoms with Crippen LogP contribution in [0, 0.1) is 0 Å². The van der Waals surface area contributed by atoms with Gasteiger partial charge < -0.3 is 5.11 Å². The molecule has 0 fully saturated rings. The average molecular weight is 452 g/mol. The van der Waals surface area contributed by atoms with Gasteiger partial charge in [-0.05, 0) is 56.1 Å². The molecule has 0 saturated heterocycles. The molecule has 2 aromatic heterocycles. The van der Waals surface area contributed by atoms with Gasteiger partial charge in [0, 0.05) is 4.47 Å². The highest BCUT2D eigenvalue weighted by atomic mass is 79.9. The van der Waals surface area contributed by atoms with Gasteiger partial charge in [0.1, 0.15) is 11.4 Å². The molecule has 9 heteroatoms. The summed E-state index contributed by atoms with van der Waals surface area (Å²) in [5.74, 6) is 0.327. The molecule has 5 nitrogen and oxygen atoms in total. The maximum absolute atomic E-state index is 12.0. The number of nitrogens with one attached hydrogen (secondary N) is 1. The predicted molar refractivity (Wildman–Crippen MR) is 89.6 cm³/mol. The van der Waals surface area contributed by atoms with E-state index in [0.717, 1.165) is 13.3 Å². The Morgan fingerprint density at radius 1 is 1.33 bits per heavy atom. The summed E-state index contributed by atoms with van der Waals surface area (Å²) in [6.07, 6.45) is 0. The van der Waals surface area contributed by atoms with Crippen molar-refractivity contribution in [2.75, 3.05) is 0 Å². The second-order valence-corrected chi connectivity index (χ2v) is 7.77. The average Bonchev–Trinajstić information content (AvgIpc) is 3.00. The van der Waals surface area contributed by atoms with Gasteiger partial charge in [0.05, 0.1) is 13.7 Å². The molecule has 0 aliphatic carbocycles. The SMILES string of the molecule is O=c1[nH]c(-c2ccc(Br)s2)nn1-c1cc(Cl)c(Br)cc1O. The molecule has 0 aliphatic heterocycles. The van der Waals surface area contributed by atoms with Crippen molar-refractivity contribution in [1.82, 2.24) is 14.8 Å². The van der Waals surface area contributed by atoms with Gasteiger partial charge in [-0.15, -0.1) is 16.4 Å². The third kappa shape index (κ3) is 2.80. The van der Waals surface area contributed by atoms with Crippen LogP contribution in [0.3, 0.4) is 0 Å². The monoisotopic (exact) mass is 449 g/mol. The topological polar surface area (TPSA) is 70.9 Å². The highest BCUT2D eigenvalue weighted by Gasteiger charge is 2.15. The number of phenols is 1. The molecule has 0 unspecified atom stereocenters. The summed E-state index contributed by atoms with van der Waals surface area (Å²) in [7, 11) is 0. The first-order valence-corrected chi connectivity index (χ1v) is 8.37. The minimum Gasteiger partial charge on any atom is -0.506 e. The summed E-state index contributed by atoms with van der Waals surface area (Å²) in [4.78, 5) is 15.5. The minimum absolute atomic E-state index is 0.0983. The quantitative estimate of drug-likeness (QED) is 0.614. The Bertz CT molecular complexity index is 887. The van der Waals surface area contributed by atoms with E-state index in [9.17, 15) is 9.90 Å². The van der Waals surface area contributed by atoms with Crippen molar-refractivity contribution in [3.05, 3.63) is 48.0 Å². The molecule has 0 atom stereocenters. The Balaban J connectivity index is 2.14. The largest absolute Gasteiger partial charge is 0.506 e. The number of rotatable bonds is 2. The molecule has 3 rings (SSSR count). The van der Waals surface area contributed by atoms with Gasteiger partial charge in [0.25, 0.3) is 0 Å². The van der Waals surface area contributed by atoms with Crippen LogP contribution in [-0.2, 0) is 0 Å². The zero-order chi connectivity index (χ0) is 15.1. The van der Waals surface area contributed by atoms with E-state index in [1.807, 2.05) is 12.1 Å². The molecular weight excluding hydrogens is 445 g/mol. The molecule has 108 valence electrons. The van der Waals surface area contributed by atoms with E-state index in [0.29, 0.717) is 15.3 Å². The first-order chi connectivity index (χ1) is 9.95. The van der Waals surface area contributed by atoms with Crippen molar-refractivity contribution in [3.8, 4) is 22.1 Å².